The van der Waals surface area contributed by atoms with Crippen LogP contribution in [0.2, 0.25) is 0 Å². The SMILES string of the molecule is CCc1nn(C)cc1NCc1ccc(Br)c2cccnc12. The van der Waals surface area contributed by atoms with Crippen LogP contribution in [-0.4, -0.2) is 14.8 Å². The van der Waals surface area contributed by atoms with Gasteiger partial charge < -0.3 is 5.32 Å². The van der Waals surface area contributed by atoms with Gasteiger partial charge in [-0.25, -0.2) is 0 Å². The van der Waals surface area contributed by atoms with Gasteiger partial charge in [-0.15, -0.1) is 0 Å². The molecule has 0 spiro atoms. The highest BCUT2D eigenvalue weighted by atomic mass is 79.9. The maximum atomic E-state index is 4.51. The lowest BCUT2D eigenvalue weighted by Gasteiger charge is -2.09. The number of fused-ring (bicyclic) bond motifs is 1. The van der Waals surface area contributed by atoms with E-state index in [1.54, 1.807) is 0 Å². The third-order valence-corrected chi connectivity index (χ3v) is 4.20. The van der Waals surface area contributed by atoms with E-state index in [0.29, 0.717) is 0 Å². The van der Waals surface area contributed by atoms with Crippen LogP contribution < -0.4 is 5.32 Å². The van der Waals surface area contributed by atoms with Crippen molar-refractivity contribution in [1.29, 1.82) is 0 Å². The number of pyridine rings is 1. The van der Waals surface area contributed by atoms with Gasteiger partial charge in [0.15, 0.2) is 0 Å². The molecular formula is C16H17BrN4. The van der Waals surface area contributed by atoms with E-state index in [4.69, 9.17) is 0 Å². The highest BCUT2D eigenvalue weighted by molar-refractivity contribution is 9.10. The van der Waals surface area contributed by atoms with Gasteiger partial charge >= 0.3 is 0 Å². The molecule has 3 rings (SSSR count). The highest BCUT2D eigenvalue weighted by Crippen LogP contribution is 2.26. The summed E-state index contributed by atoms with van der Waals surface area (Å²) < 4.78 is 2.92. The second-order valence-electron chi connectivity index (χ2n) is 4.98. The molecule has 0 bridgehead atoms. The van der Waals surface area contributed by atoms with Crippen LogP contribution in [0.3, 0.4) is 0 Å². The van der Waals surface area contributed by atoms with Crippen LogP contribution in [0.4, 0.5) is 5.69 Å². The number of rotatable bonds is 4. The van der Waals surface area contributed by atoms with Crippen LogP contribution in [0.15, 0.2) is 41.1 Å². The Balaban J connectivity index is 1.90. The molecule has 108 valence electrons. The molecular weight excluding hydrogens is 328 g/mol. The molecule has 2 heterocycles. The fourth-order valence-corrected chi connectivity index (χ4v) is 2.92. The van der Waals surface area contributed by atoms with Crippen molar-refractivity contribution in [2.45, 2.75) is 19.9 Å². The number of aryl methyl sites for hydroxylation is 2. The largest absolute Gasteiger partial charge is 0.378 e. The monoisotopic (exact) mass is 344 g/mol. The summed E-state index contributed by atoms with van der Waals surface area (Å²) in [7, 11) is 1.95. The van der Waals surface area contributed by atoms with Crippen molar-refractivity contribution in [3.05, 3.63) is 52.4 Å². The predicted octanol–water partition coefficient (Wildman–Crippen LogP) is 3.91. The van der Waals surface area contributed by atoms with Crippen LogP contribution >= 0.6 is 15.9 Å². The Kier molecular flexibility index (Phi) is 3.92. The normalized spacial score (nSPS) is 11.0. The molecule has 0 fully saturated rings. The molecule has 1 aromatic carbocycles. The van der Waals surface area contributed by atoms with Gasteiger partial charge in [-0.2, -0.15) is 5.10 Å². The van der Waals surface area contributed by atoms with Crippen molar-refractivity contribution in [3.8, 4) is 0 Å². The van der Waals surface area contributed by atoms with E-state index in [1.807, 2.05) is 30.2 Å². The number of hydrogen-bond acceptors (Lipinski definition) is 3. The molecule has 0 saturated heterocycles. The molecule has 4 nitrogen and oxygen atoms in total. The Morgan fingerprint density at radius 1 is 1.29 bits per heavy atom. The summed E-state index contributed by atoms with van der Waals surface area (Å²) >= 11 is 3.58. The maximum absolute atomic E-state index is 4.51. The zero-order valence-electron chi connectivity index (χ0n) is 12.1. The second kappa shape index (κ2) is 5.85. The van der Waals surface area contributed by atoms with E-state index in [2.05, 4.69) is 56.5 Å². The molecule has 0 aliphatic heterocycles. The van der Waals surface area contributed by atoms with Gasteiger partial charge in [-0.05, 0) is 24.1 Å². The summed E-state index contributed by atoms with van der Waals surface area (Å²) in [6, 6.07) is 8.22. The molecule has 5 heteroatoms. The number of aromatic nitrogens is 3. The fourth-order valence-electron chi connectivity index (χ4n) is 2.47. The summed E-state index contributed by atoms with van der Waals surface area (Å²) in [5, 5.41) is 9.06. The van der Waals surface area contributed by atoms with E-state index >= 15 is 0 Å². The molecule has 1 N–H and O–H groups in total. The van der Waals surface area contributed by atoms with Gasteiger partial charge in [-0.3, -0.25) is 9.67 Å². The van der Waals surface area contributed by atoms with Crippen molar-refractivity contribution in [2.75, 3.05) is 5.32 Å². The van der Waals surface area contributed by atoms with Crippen LogP contribution in [0.5, 0.6) is 0 Å². The zero-order chi connectivity index (χ0) is 14.8. The Morgan fingerprint density at radius 3 is 2.95 bits per heavy atom. The number of nitrogens with zero attached hydrogens (tertiary/aromatic N) is 3. The van der Waals surface area contributed by atoms with E-state index < -0.39 is 0 Å². The standard InChI is InChI=1S/C16H17BrN4/c1-3-14-15(10-21(2)20-14)19-9-11-6-7-13(17)12-5-4-8-18-16(11)12/h4-8,10,19H,3,9H2,1-2H3. The lowest BCUT2D eigenvalue weighted by atomic mass is 10.1. The third kappa shape index (κ3) is 2.78. The summed E-state index contributed by atoms with van der Waals surface area (Å²) in [6.07, 6.45) is 4.77. The van der Waals surface area contributed by atoms with E-state index in [1.165, 1.54) is 5.56 Å². The van der Waals surface area contributed by atoms with Crippen molar-refractivity contribution >= 4 is 32.5 Å². The third-order valence-electron chi connectivity index (χ3n) is 3.51. The first kappa shape index (κ1) is 14.1. The minimum absolute atomic E-state index is 0.736. The van der Waals surface area contributed by atoms with Crippen molar-refractivity contribution in [3.63, 3.8) is 0 Å². The summed E-state index contributed by atoms with van der Waals surface area (Å²) in [5.41, 5.74) is 4.39. The van der Waals surface area contributed by atoms with Crippen molar-refractivity contribution in [2.24, 2.45) is 7.05 Å². The molecule has 0 saturated carbocycles. The molecule has 0 radical (unpaired) electrons. The highest BCUT2D eigenvalue weighted by Gasteiger charge is 2.08. The van der Waals surface area contributed by atoms with Crippen molar-refractivity contribution < 1.29 is 0 Å². The quantitative estimate of drug-likeness (QED) is 0.780. The lowest BCUT2D eigenvalue weighted by Crippen LogP contribution is -2.02. The zero-order valence-corrected chi connectivity index (χ0v) is 13.7. The Bertz CT molecular complexity index is 779. The average Bonchev–Trinajstić information content (AvgIpc) is 2.87. The fraction of sp³-hybridized carbons (Fsp3) is 0.250. The minimum Gasteiger partial charge on any atom is -0.378 e. The van der Waals surface area contributed by atoms with Crippen molar-refractivity contribution in [1.82, 2.24) is 14.8 Å². The molecule has 2 aromatic heterocycles. The molecule has 0 aliphatic carbocycles. The number of nitrogens with one attached hydrogen (secondary N) is 1. The van der Waals surface area contributed by atoms with Crippen LogP contribution in [0.25, 0.3) is 10.9 Å². The first-order chi connectivity index (χ1) is 10.2. The van der Waals surface area contributed by atoms with E-state index in [9.17, 15) is 0 Å². The summed E-state index contributed by atoms with van der Waals surface area (Å²) in [6.45, 7) is 2.85. The topological polar surface area (TPSA) is 42.7 Å². The lowest BCUT2D eigenvalue weighted by molar-refractivity contribution is 0.746. The molecule has 3 aromatic rings. The number of hydrogen-bond donors (Lipinski definition) is 1. The second-order valence-corrected chi connectivity index (χ2v) is 5.83. The van der Waals surface area contributed by atoms with Gasteiger partial charge in [0.25, 0.3) is 0 Å². The van der Waals surface area contributed by atoms with E-state index in [0.717, 1.165) is 39.7 Å². The first-order valence-electron chi connectivity index (χ1n) is 6.97. The van der Waals surface area contributed by atoms with E-state index in [-0.39, 0.29) is 0 Å². The molecule has 0 amide bonds. The number of halogens is 1. The average molecular weight is 345 g/mol. The van der Waals surface area contributed by atoms with Gasteiger partial charge in [0.2, 0.25) is 0 Å². The summed E-state index contributed by atoms with van der Waals surface area (Å²) in [4.78, 5) is 4.51. The van der Waals surface area contributed by atoms with Crippen LogP contribution in [0, 0.1) is 0 Å². The van der Waals surface area contributed by atoms with Crippen LogP contribution in [-0.2, 0) is 20.0 Å². The molecule has 21 heavy (non-hydrogen) atoms. The van der Waals surface area contributed by atoms with Gasteiger partial charge in [0, 0.05) is 35.8 Å². The van der Waals surface area contributed by atoms with Gasteiger partial charge in [0.05, 0.1) is 16.9 Å². The molecule has 0 atom stereocenters. The van der Waals surface area contributed by atoms with Crippen LogP contribution in [0.1, 0.15) is 18.2 Å². The smallest absolute Gasteiger partial charge is 0.0853 e. The number of benzene rings is 1. The molecule has 0 unspecified atom stereocenters. The number of anilines is 1. The Labute approximate surface area is 132 Å². The predicted molar refractivity (Wildman–Crippen MR) is 89.4 cm³/mol. The minimum atomic E-state index is 0.736. The maximum Gasteiger partial charge on any atom is 0.0853 e. The first-order valence-corrected chi connectivity index (χ1v) is 7.77. The van der Waals surface area contributed by atoms with Gasteiger partial charge in [0.1, 0.15) is 0 Å². The van der Waals surface area contributed by atoms with Gasteiger partial charge in [-0.1, -0.05) is 35.0 Å². The Morgan fingerprint density at radius 2 is 2.14 bits per heavy atom. The molecule has 0 aliphatic rings. The summed E-state index contributed by atoms with van der Waals surface area (Å²) in [5.74, 6) is 0. The Hall–Kier alpha value is -1.88.